The highest BCUT2D eigenvalue weighted by molar-refractivity contribution is 8.93. The van der Waals surface area contributed by atoms with E-state index in [-0.39, 0.29) is 17.0 Å². The summed E-state index contributed by atoms with van der Waals surface area (Å²) < 4.78 is 7.23. The van der Waals surface area contributed by atoms with Crippen LogP contribution in [0.4, 0.5) is 0 Å². The van der Waals surface area contributed by atoms with Crippen LogP contribution < -0.4 is 4.74 Å². The van der Waals surface area contributed by atoms with E-state index in [1.165, 1.54) is 0 Å². The Hall–Kier alpha value is -1.83. The van der Waals surface area contributed by atoms with E-state index in [0.29, 0.717) is 10.8 Å². The summed E-state index contributed by atoms with van der Waals surface area (Å²) >= 11 is 7.57. The Morgan fingerprint density at radius 3 is 2.60 bits per heavy atom. The number of benzene rings is 2. The van der Waals surface area contributed by atoms with Crippen LogP contribution in [0.2, 0.25) is 5.02 Å². The van der Waals surface area contributed by atoms with Crippen LogP contribution in [0.5, 0.6) is 5.75 Å². The van der Waals surface area contributed by atoms with Crippen molar-refractivity contribution in [2.24, 2.45) is 5.10 Å². The van der Waals surface area contributed by atoms with Crippen molar-refractivity contribution >= 4 is 46.1 Å². The Balaban J connectivity index is 0.00000182. The topological polar surface area (TPSA) is 52.3 Å². The van der Waals surface area contributed by atoms with Crippen LogP contribution in [0.15, 0.2) is 58.8 Å². The summed E-state index contributed by atoms with van der Waals surface area (Å²) in [7, 11) is 1.67. The van der Waals surface area contributed by atoms with Crippen LogP contribution in [0.25, 0.3) is 11.4 Å². The second-order valence-electron chi connectivity index (χ2n) is 5.16. The molecule has 0 bridgehead atoms. The number of rotatable bonds is 3. The molecule has 0 amide bonds. The number of nitrogens with zero attached hydrogens (tertiary/aromatic N) is 4. The molecule has 4 rings (SSSR count). The zero-order chi connectivity index (χ0) is 16.5. The highest BCUT2D eigenvalue weighted by Crippen LogP contribution is 2.30. The van der Waals surface area contributed by atoms with Gasteiger partial charge >= 0.3 is 0 Å². The molecule has 0 atom stereocenters. The Kier molecular flexibility index (Phi) is 5.46. The minimum Gasteiger partial charge on any atom is -0.496 e. The highest BCUT2D eigenvalue weighted by atomic mass is 79.9. The average molecular weight is 438 g/mol. The summed E-state index contributed by atoms with van der Waals surface area (Å²) in [6, 6.07) is 15.4. The summed E-state index contributed by atoms with van der Waals surface area (Å²) in [5.74, 6) is 2.22. The van der Waals surface area contributed by atoms with Gasteiger partial charge < -0.3 is 4.74 Å². The lowest BCUT2D eigenvalue weighted by Crippen LogP contribution is -2.14. The zero-order valence-electron chi connectivity index (χ0n) is 13.2. The van der Waals surface area contributed by atoms with Crippen LogP contribution in [0.1, 0.15) is 5.56 Å². The largest absolute Gasteiger partial charge is 0.496 e. The van der Waals surface area contributed by atoms with Crippen molar-refractivity contribution in [3.8, 4) is 17.1 Å². The monoisotopic (exact) mass is 436 g/mol. The van der Waals surface area contributed by atoms with Gasteiger partial charge in [-0.25, -0.2) is 0 Å². The predicted molar refractivity (Wildman–Crippen MR) is 106 cm³/mol. The molecule has 0 aliphatic carbocycles. The molecule has 128 valence electrons. The smallest absolute Gasteiger partial charge is 0.212 e. The highest BCUT2D eigenvalue weighted by Gasteiger charge is 2.22. The van der Waals surface area contributed by atoms with Gasteiger partial charge in [0.05, 0.1) is 12.8 Å². The minimum absolute atomic E-state index is 0. The first-order chi connectivity index (χ1) is 11.8. The maximum absolute atomic E-state index is 5.96. The van der Waals surface area contributed by atoms with E-state index in [1.807, 2.05) is 48.5 Å². The van der Waals surface area contributed by atoms with E-state index in [1.54, 1.807) is 23.5 Å². The molecule has 8 heteroatoms. The van der Waals surface area contributed by atoms with E-state index in [4.69, 9.17) is 21.4 Å². The van der Waals surface area contributed by atoms with Gasteiger partial charge in [0.1, 0.15) is 5.75 Å². The van der Waals surface area contributed by atoms with E-state index < -0.39 is 0 Å². The Labute approximate surface area is 164 Å². The number of fused-ring (bicyclic) bond motifs is 1. The number of aromatic nitrogens is 3. The molecule has 5 nitrogen and oxygen atoms in total. The van der Waals surface area contributed by atoms with Crippen LogP contribution in [-0.4, -0.2) is 33.4 Å². The number of hydrogen-bond donors (Lipinski definition) is 0. The third-order valence-electron chi connectivity index (χ3n) is 3.69. The molecule has 3 aromatic rings. The molecule has 0 fully saturated rings. The minimum atomic E-state index is 0. The molecule has 0 radical (unpaired) electrons. The number of halogens is 2. The van der Waals surface area contributed by atoms with Gasteiger partial charge in [-0.05, 0) is 36.4 Å². The average Bonchev–Trinajstić information content (AvgIpc) is 3.05. The molecule has 2 aromatic carbocycles. The number of hydrogen-bond acceptors (Lipinski definition) is 5. The quantitative estimate of drug-likeness (QED) is 0.603. The van der Waals surface area contributed by atoms with Crippen LogP contribution >= 0.6 is 40.3 Å². The fourth-order valence-electron chi connectivity index (χ4n) is 2.52. The van der Waals surface area contributed by atoms with E-state index in [0.717, 1.165) is 33.5 Å². The first-order valence-corrected chi connectivity index (χ1v) is 8.68. The molecule has 0 saturated carbocycles. The van der Waals surface area contributed by atoms with Crippen molar-refractivity contribution in [3.63, 3.8) is 0 Å². The van der Waals surface area contributed by atoms with Crippen LogP contribution in [0, 0.1) is 0 Å². The molecule has 1 aliphatic rings. The fourth-order valence-corrected chi connectivity index (χ4v) is 3.47. The van der Waals surface area contributed by atoms with Crippen molar-refractivity contribution in [1.82, 2.24) is 14.9 Å². The number of thioether (sulfide) groups is 1. The molecule has 0 spiro atoms. The van der Waals surface area contributed by atoms with Gasteiger partial charge in [-0.2, -0.15) is 9.78 Å². The van der Waals surface area contributed by atoms with Crippen LogP contribution in [0.3, 0.4) is 0 Å². The van der Waals surface area contributed by atoms with Crippen molar-refractivity contribution in [3.05, 3.63) is 59.1 Å². The molecule has 1 aliphatic heterocycles. The van der Waals surface area contributed by atoms with E-state index >= 15 is 0 Å². The van der Waals surface area contributed by atoms with Crippen molar-refractivity contribution < 1.29 is 4.74 Å². The Morgan fingerprint density at radius 2 is 1.84 bits per heavy atom. The summed E-state index contributed by atoms with van der Waals surface area (Å²) in [6.07, 6.45) is 0. The summed E-state index contributed by atoms with van der Waals surface area (Å²) in [6.45, 7) is 0. The molecule has 0 saturated heterocycles. The maximum atomic E-state index is 5.96. The SMILES string of the molecule is Br.COc1ccccc1C1=Nn2c(nnc2-c2ccc(Cl)cc2)SC1. The van der Waals surface area contributed by atoms with E-state index in [9.17, 15) is 0 Å². The molecular formula is C17H14BrClN4OS. The van der Waals surface area contributed by atoms with Crippen molar-refractivity contribution in [2.45, 2.75) is 5.16 Å². The third-order valence-corrected chi connectivity index (χ3v) is 4.87. The van der Waals surface area contributed by atoms with Gasteiger partial charge in [0.2, 0.25) is 5.16 Å². The lowest BCUT2D eigenvalue weighted by atomic mass is 10.1. The maximum Gasteiger partial charge on any atom is 0.212 e. The first-order valence-electron chi connectivity index (χ1n) is 7.31. The molecule has 0 unspecified atom stereocenters. The van der Waals surface area contributed by atoms with Gasteiger partial charge in [-0.1, -0.05) is 35.5 Å². The van der Waals surface area contributed by atoms with Crippen LogP contribution in [-0.2, 0) is 0 Å². The van der Waals surface area contributed by atoms with Gasteiger partial charge in [-0.3, -0.25) is 0 Å². The standard InChI is InChI=1S/C17H13ClN4OS.BrH/c1-23-15-5-3-2-4-13(15)14-10-24-17-20-19-16(22(17)21-14)11-6-8-12(18)9-7-11;/h2-9H,10H2,1H3;1H. The second-order valence-corrected chi connectivity index (χ2v) is 6.54. The van der Waals surface area contributed by atoms with E-state index in [2.05, 4.69) is 10.2 Å². The van der Waals surface area contributed by atoms with Gasteiger partial charge in [0.15, 0.2) is 5.82 Å². The molecule has 1 aromatic heterocycles. The second kappa shape index (κ2) is 7.59. The van der Waals surface area contributed by atoms with Crippen molar-refractivity contribution in [2.75, 3.05) is 12.9 Å². The Bertz CT molecular complexity index is 927. The number of para-hydroxylation sites is 1. The van der Waals surface area contributed by atoms with Gasteiger partial charge in [-0.15, -0.1) is 27.2 Å². The molecule has 0 N–H and O–H groups in total. The number of methoxy groups -OCH3 is 1. The molecular weight excluding hydrogens is 424 g/mol. The zero-order valence-corrected chi connectivity index (χ0v) is 16.5. The lowest BCUT2D eigenvalue weighted by Gasteiger charge is -2.15. The summed E-state index contributed by atoms with van der Waals surface area (Å²) in [5.41, 5.74) is 2.83. The normalized spacial score (nSPS) is 12.8. The Morgan fingerprint density at radius 1 is 1.08 bits per heavy atom. The molecule has 2 heterocycles. The summed E-state index contributed by atoms with van der Waals surface area (Å²) in [4.78, 5) is 0. The lowest BCUT2D eigenvalue weighted by molar-refractivity contribution is 0.414. The summed E-state index contributed by atoms with van der Waals surface area (Å²) in [5, 5.41) is 14.7. The number of ether oxygens (including phenoxy) is 1. The first kappa shape index (κ1) is 18.0. The van der Waals surface area contributed by atoms with Gasteiger partial charge in [0.25, 0.3) is 0 Å². The third kappa shape index (κ3) is 3.44. The predicted octanol–water partition coefficient (Wildman–Crippen LogP) is 4.54. The van der Waals surface area contributed by atoms with Gasteiger partial charge in [0, 0.05) is 21.9 Å². The van der Waals surface area contributed by atoms with Crippen molar-refractivity contribution in [1.29, 1.82) is 0 Å². The fraction of sp³-hybridized carbons (Fsp3) is 0.118. The molecule has 25 heavy (non-hydrogen) atoms.